The van der Waals surface area contributed by atoms with Crippen LogP contribution >= 0.6 is 0 Å². The van der Waals surface area contributed by atoms with Crippen molar-refractivity contribution < 1.29 is 0 Å². The molecule has 1 saturated heterocycles. The molecule has 0 unspecified atom stereocenters. The summed E-state index contributed by atoms with van der Waals surface area (Å²) in [7, 11) is 0. The molecule has 1 aliphatic rings. The average molecular weight is 267 g/mol. The zero-order valence-corrected chi connectivity index (χ0v) is 12.0. The van der Waals surface area contributed by atoms with Crippen LogP contribution in [0, 0.1) is 0 Å². The SMILES string of the molecule is C[C@@H](c1ccccc1)c1cnc(N2CCCCC2)nc1. The first-order valence-corrected chi connectivity index (χ1v) is 7.46. The van der Waals surface area contributed by atoms with Crippen molar-refractivity contribution in [2.45, 2.75) is 32.1 Å². The predicted octanol–water partition coefficient (Wildman–Crippen LogP) is 3.62. The Morgan fingerprint density at radius 3 is 2.20 bits per heavy atom. The predicted molar refractivity (Wildman–Crippen MR) is 82.1 cm³/mol. The normalized spacial score (nSPS) is 16.9. The van der Waals surface area contributed by atoms with Crippen molar-refractivity contribution in [1.82, 2.24) is 9.97 Å². The van der Waals surface area contributed by atoms with Crippen LogP contribution in [0.25, 0.3) is 0 Å². The molecule has 0 saturated carbocycles. The van der Waals surface area contributed by atoms with Crippen molar-refractivity contribution in [3.63, 3.8) is 0 Å². The van der Waals surface area contributed by atoms with E-state index < -0.39 is 0 Å². The minimum Gasteiger partial charge on any atom is -0.341 e. The van der Waals surface area contributed by atoms with Crippen molar-refractivity contribution >= 4 is 5.95 Å². The van der Waals surface area contributed by atoms with Gasteiger partial charge >= 0.3 is 0 Å². The molecule has 1 aromatic heterocycles. The van der Waals surface area contributed by atoms with Gasteiger partial charge in [0.05, 0.1) is 0 Å². The summed E-state index contributed by atoms with van der Waals surface area (Å²) in [5.74, 6) is 1.22. The fourth-order valence-corrected chi connectivity index (χ4v) is 2.75. The van der Waals surface area contributed by atoms with Crippen LogP contribution in [0.1, 0.15) is 43.2 Å². The summed E-state index contributed by atoms with van der Waals surface area (Å²) in [6.07, 6.45) is 7.81. The molecule has 2 aromatic rings. The van der Waals surface area contributed by atoms with E-state index in [1.54, 1.807) is 0 Å². The number of piperidine rings is 1. The van der Waals surface area contributed by atoms with Gasteiger partial charge in [-0.2, -0.15) is 0 Å². The summed E-state index contributed by atoms with van der Waals surface area (Å²) in [5, 5.41) is 0. The van der Waals surface area contributed by atoms with E-state index in [9.17, 15) is 0 Å². The molecule has 1 atom stereocenters. The third kappa shape index (κ3) is 2.82. The third-order valence-electron chi connectivity index (χ3n) is 4.10. The van der Waals surface area contributed by atoms with E-state index in [2.05, 4.69) is 46.1 Å². The molecule has 3 rings (SSSR count). The van der Waals surface area contributed by atoms with Crippen molar-refractivity contribution in [2.75, 3.05) is 18.0 Å². The first kappa shape index (κ1) is 13.1. The van der Waals surface area contributed by atoms with Gasteiger partial charge in [-0.1, -0.05) is 37.3 Å². The molecular weight excluding hydrogens is 246 g/mol. The van der Waals surface area contributed by atoms with E-state index in [-0.39, 0.29) is 0 Å². The van der Waals surface area contributed by atoms with Crippen LogP contribution in [-0.4, -0.2) is 23.1 Å². The zero-order chi connectivity index (χ0) is 13.8. The second-order valence-corrected chi connectivity index (χ2v) is 5.50. The van der Waals surface area contributed by atoms with Gasteiger partial charge < -0.3 is 4.90 Å². The average Bonchev–Trinajstić information content (AvgIpc) is 2.56. The molecule has 2 heterocycles. The number of nitrogens with zero attached hydrogens (tertiary/aromatic N) is 3. The van der Waals surface area contributed by atoms with E-state index in [1.807, 2.05) is 18.5 Å². The van der Waals surface area contributed by atoms with Crippen molar-refractivity contribution in [3.05, 3.63) is 53.9 Å². The quantitative estimate of drug-likeness (QED) is 0.850. The van der Waals surface area contributed by atoms with Gasteiger partial charge in [-0.05, 0) is 30.4 Å². The summed E-state index contributed by atoms with van der Waals surface area (Å²) in [6, 6.07) is 10.5. The molecule has 104 valence electrons. The largest absolute Gasteiger partial charge is 0.341 e. The Balaban J connectivity index is 1.75. The van der Waals surface area contributed by atoms with E-state index in [0.717, 1.165) is 19.0 Å². The van der Waals surface area contributed by atoms with Gasteiger partial charge in [0.15, 0.2) is 0 Å². The molecule has 0 N–H and O–H groups in total. The highest BCUT2D eigenvalue weighted by atomic mass is 15.2. The van der Waals surface area contributed by atoms with E-state index in [0.29, 0.717) is 5.92 Å². The lowest BCUT2D eigenvalue weighted by Gasteiger charge is -2.26. The molecule has 1 fully saturated rings. The second-order valence-electron chi connectivity index (χ2n) is 5.50. The van der Waals surface area contributed by atoms with Gasteiger partial charge in [-0.25, -0.2) is 9.97 Å². The summed E-state index contributed by atoms with van der Waals surface area (Å²) in [5.41, 5.74) is 2.48. The van der Waals surface area contributed by atoms with Crippen molar-refractivity contribution in [1.29, 1.82) is 0 Å². The van der Waals surface area contributed by atoms with Gasteiger partial charge in [0.1, 0.15) is 0 Å². The topological polar surface area (TPSA) is 29.0 Å². The number of benzene rings is 1. The van der Waals surface area contributed by atoms with Crippen molar-refractivity contribution in [3.8, 4) is 0 Å². The fourth-order valence-electron chi connectivity index (χ4n) is 2.75. The molecule has 0 bridgehead atoms. The Morgan fingerprint density at radius 1 is 0.900 bits per heavy atom. The van der Waals surface area contributed by atoms with Crippen LogP contribution in [0.3, 0.4) is 0 Å². The molecule has 20 heavy (non-hydrogen) atoms. The Kier molecular flexibility index (Phi) is 3.95. The lowest BCUT2D eigenvalue weighted by molar-refractivity contribution is 0.567. The van der Waals surface area contributed by atoms with Crippen LogP contribution in [-0.2, 0) is 0 Å². The number of aromatic nitrogens is 2. The maximum absolute atomic E-state index is 4.56. The van der Waals surface area contributed by atoms with Crippen LogP contribution < -0.4 is 4.90 Å². The summed E-state index contributed by atoms with van der Waals surface area (Å²) in [6.45, 7) is 4.38. The summed E-state index contributed by atoms with van der Waals surface area (Å²) in [4.78, 5) is 11.4. The molecule has 0 spiro atoms. The van der Waals surface area contributed by atoms with Gasteiger partial charge in [0, 0.05) is 31.4 Å². The zero-order valence-electron chi connectivity index (χ0n) is 12.0. The Morgan fingerprint density at radius 2 is 1.55 bits per heavy atom. The van der Waals surface area contributed by atoms with Gasteiger partial charge in [-0.15, -0.1) is 0 Å². The smallest absolute Gasteiger partial charge is 0.225 e. The number of rotatable bonds is 3. The van der Waals surface area contributed by atoms with E-state index in [1.165, 1.54) is 30.4 Å². The van der Waals surface area contributed by atoms with Crippen molar-refractivity contribution in [2.24, 2.45) is 0 Å². The maximum Gasteiger partial charge on any atom is 0.225 e. The highest BCUT2D eigenvalue weighted by Crippen LogP contribution is 2.23. The first-order valence-electron chi connectivity index (χ1n) is 7.46. The standard InChI is InChI=1S/C17H21N3/c1-14(15-8-4-2-5-9-15)16-12-18-17(19-13-16)20-10-6-3-7-11-20/h2,4-5,8-9,12-14H,3,6-7,10-11H2,1H3/t14-/m0/s1. The minimum absolute atomic E-state index is 0.339. The third-order valence-corrected chi connectivity index (χ3v) is 4.10. The molecular formula is C17H21N3. The maximum atomic E-state index is 4.56. The van der Waals surface area contributed by atoms with Crippen LogP contribution in [0.15, 0.2) is 42.7 Å². The lowest BCUT2D eigenvalue weighted by atomic mass is 9.96. The highest BCUT2D eigenvalue weighted by molar-refractivity contribution is 5.34. The summed E-state index contributed by atoms with van der Waals surface area (Å²) >= 11 is 0. The molecule has 3 heteroatoms. The Hall–Kier alpha value is -1.90. The lowest BCUT2D eigenvalue weighted by Crippen LogP contribution is -2.30. The second kappa shape index (κ2) is 6.04. The van der Waals surface area contributed by atoms with Gasteiger partial charge in [-0.3, -0.25) is 0 Å². The van der Waals surface area contributed by atoms with Gasteiger partial charge in [0.25, 0.3) is 0 Å². The molecule has 0 amide bonds. The molecule has 0 aliphatic carbocycles. The van der Waals surface area contributed by atoms with Gasteiger partial charge in [0.2, 0.25) is 5.95 Å². The van der Waals surface area contributed by atoms with E-state index >= 15 is 0 Å². The van der Waals surface area contributed by atoms with Crippen LogP contribution in [0.4, 0.5) is 5.95 Å². The molecule has 1 aliphatic heterocycles. The minimum atomic E-state index is 0.339. The Labute approximate surface area is 120 Å². The van der Waals surface area contributed by atoms with Crippen LogP contribution in [0.5, 0.6) is 0 Å². The summed E-state index contributed by atoms with van der Waals surface area (Å²) < 4.78 is 0. The van der Waals surface area contributed by atoms with E-state index in [4.69, 9.17) is 0 Å². The number of anilines is 1. The molecule has 1 aromatic carbocycles. The highest BCUT2D eigenvalue weighted by Gasteiger charge is 2.14. The monoisotopic (exact) mass is 267 g/mol. The number of hydrogen-bond acceptors (Lipinski definition) is 3. The fraction of sp³-hybridized carbons (Fsp3) is 0.412. The number of hydrogen-bond donors (Lipinski definition) is 0. The Bertz CT molecular complexity index is 530. The first-order chi connectivity index (χ1) is 9.84. The molecule has 0 radical (unpaired) electrons. The molecule has 3 nitrogen and oxygen atoms in total. The van der Waals surface area contributed by atoms with Crippen LogP contribution in [0.2, 0.25) is 0 Å².